The summed E-state index contributed by atoms with van der Waals surface area (Å²) in [5.74, 6) is 0. The zero-order valence-electron chi connectivity index (χ0n) is 11.2. The van der Waals surface area contributed by atoms with Crippen LogP contribution in [0, 0.1) is 6.92 Å². The van der Waals surface area contributed by atoms with Gasteiger partial charge in [0.25, 0.3) is 0 Å². The first-order chi connectivity index (χ1) is 7.73. The Morgan fingerprint density at radius 3 is 2.53 bits per heavy atom. The summed E-state index contributed by atoms with van der Waals surface area (Å²) in [6, 6.07) is 0.354. The summed E-state index contributed by atoms with van der Waals surface area (Å²) in [5, 5.41) is 18.4. The number of hydrogen-bond acceptors (Lipinski definition) is 3. The minimum atomic E-state index is -0.818. The molecular weight excluding hydrogens is 238 g/mol. The van der Waals surface area contributed by atoms with Crippen molar-refractivity contribution >= 4 is 11.6 Å². The van der Waals surface area contributed by atoms with Crippen LogP contribution in [0.2, 0.25) is 5.15 Å². The van der Waals surface area contributed by atoms with Crippen LogP contribution in [0.5, 0.6) is 0 Å². The van der Waals surface area contributed by atoms with Crippen molar-refractivity contribution in [1.82, 2.24) is 15.1 Å². The molecule has 5 heteroatoms. The Labute approximate surface area is 108 Å². The molecule has 0 fully saturated rings. The summed E-state index contributed by atoms with van der Waals surface area (Å²) < 4.78 is 1.64. The number of aryl methyl sites for hydroxylation is 2. The first kappa shape index (κ1) is 14.5. The Morgan fingerprint density at radius 2 is 2.12 bits per heavy atom. The van der Waals surface area contributed by atoms with Crippen molar-refractivity contribution in [2.45, 2.75) is 45.8 Å². The van der Waals surface area contributed by atoms with Gasteiger partial charge in [0, 0.05) is 31.6 Å². The Balaban J connectivity index is 2.75. The SMILES string of the molecule is Cc1nn(C)c(Cl)c1CC(C)(O)CNC(C)C. The molecule has 0 aliphatic carbocycles. The molecule has 1 heterocycles. The molecule has 0 aliphatic heterocycles. The van der Waals surface area contributed by atoms with Gasteiger partial charge in [0.1, 0.15) is 5.15 Å². The molecule has 0 spiro atoms. The van der Waals surface area contributed by atoms with Crippen LogP contribution in [-0.4, -0.2) is 33.1 Å². The fraction of sp³-hybridized carbons (Fsp3) is 0.750. The molecule has 1 rings (SSSR count). The summed E-state index contributed by atoms with van der Waals surface area (Å²) in [4.78, 5) is 0. The fourth-order valence-electron chi connectivity index (χ4n) is 1.74. The predicted molar refractivity (Wildman–Crippen MR) is 70.4 cm³/mol. The lowest BCUT2D eigenvalue weighted by Crippen LogP contribution is -2.42. The summed E-state index contributed by atoms with van der Waals surface area (Å²) in [5.41, 5.74) is 0.980. The molecule has 98 valence electrons. The van der Waals surface area contributed by atoms with Gasteiger partial charge in [-0.3, -0.25) is 4.68 Å². The molecule has 0 amide bonds. The molecule has 0 aromatic carbocycles. The van der Waals surface area contributed by atoms with E-state index in [1.165, 1.54) is 0 Å². The number of hydrogen-bond donors (Lipinski definition) is 2. The van der Waals surface area contributed by atoms with Crippen molar-refractivity contribution in [2.75, 3.05) is 6.54 Å². The van der Waals surface area contributed by atoms with Crippen LogP contribution in [0.1, 0.15) is 32.0 Å². The fourth-order valence-corrected chi connectivity index (χ4v) is 1.98. The lowest BCUT2D eigenvalue weighted by Gasteiger charge is -2.25. The summed E-state index contributed by atoms with van der Waals surface area (Å²) in [6.07, 6.45) is 0.505. The van der Waals surface area contributed by atoms with E-state index >= 15 is 0 Å². The number of halogens is 1. The highest BCUT2D eigenvalue weighted by Crippen LogP contribution is 2.23. The van der Waals surface area contributed by atoms with E-state index < -0.39 is 5.60 Å². The highest BCUT2D eigenvalue weighted by atomic mass is 35.5. The molecule has 0 radical (unpaired) electrons. The van der Waals surface area contributed by atoms with Crippen LogP contribution in [0.3, 0.4) is 0 Å². The van der Waals surface area contributed by atoms with Gasteiger partial charge in [-0.2, -0.15) is 5.10 Å². The third-order valence-electron chi connectivity index (χ3n) is 2.72. The van der Waals surface area contributed by atoms with E-state index in [0.29, 0.717) is 24.2 Å². The third-order valence-corrected chi connectivity index (χ3v) is 3.19. The minimum Gasteiger partial charge on any atom is -0.389 e. The lowest BCUT2D eigenvalue weighted by atomic mass is 9.96. The van der Waals surface area contributed by atoms with E-state index in [4.69, 9.17) is 11.6 Å². The van der Waals surface area contributed by atoms with Crippen LogP contribution in [0.15, 0.2) is 0 Å². The maximum absolute atomic E-state index is 10.3. The molecule has 0 aliphatic rings. The Hall–Kier alpha value is -0.580. The van der Waals surface area contributed by atoms with Gasteiger partial charge in [-0.1, -0.05) is 25.4 Å². The number of rotatable bonds is 5. The van der Waals surface area contributed by atoms with Crippen LogP contribution < -0.4 is 5.32 Å². The van der Waals surface area contributed by atoms with Crippen LogP contribution in [0.25, 0.3) is 0 Å². The summed E-state index contributed by atoms with van der Waals surface area (Å²) >= 11 is 6.15. The quantitative estimate of drug-likeness (QED) is 0.846. The van der Waals surface area contributed by atoms with Crippen molar-refractivity contribution in [1.29, 1.82) is 0 Å². The first-order valence-electron chi connectivity index (χ1n) is 5.86. The van der Waals surface area contributed by atoms with E-state index in [1.54, 1.807) is 11.7 Å². The van der Waals surface area contributed by atoms with Gasteiger partial charge >= 0.3 is 0 Å². The molecule has 4 nitrogen and oxygen atoms in total. The maximum Gasteiger partial charge on any atom is 0.130 e. The Bertz CT molecular complexity index is 385. The van der Waals surface area contributed by atoms with Gasteiger partial charge in [0.15, 0.2) is 0 Å². The number of aliphatic hydroxyl groups is 1. The standard InChI is InChI=1S/C12H22ClN3O/c1-8(2)14-7-12(4,17)6-10-9(3)15-16(5)11(10)13/h8,14,17H,6-7H2,1-5H3. The van der Waals surface area contributed by atoms with Gasteiger partial charge < -0.3 is 10.4 Å². The molecule has 1 aromatic rings. The van der Waals surface area contributed by atoms with Gasteiger partial charge in [-0.15, -0.1) is 0 Å². The molecule has 0 saturated carbocycles. The van der Waals surface area contributed by atoms with Crippen molar-refractivity contribution < 1.29 is 5.11 Å². The van der Waals surface area contributed by atoms with Crippen LogP contribution in [0.4, 0.5) is 0 Å². The van der Waals surface area contributed by atoms with Crippen molar-refractivity contribution in [2.24, 2.45) is 7.05 Å². The largest absolute Gasteiger partial charge is 0.389 e. The lowest BCUT2D eigenvalue weighted by molar-refractivity contribution is 0.0580. The first-order valence-corrected chi connectivity index (χ1v) is 6.24. The second kappa shape index (κ2) is 5.38. The van der Waals surface area contributed by atoms with E-state index in [1.807, 2.05) is 13.8 Å². The molecule has 1 aromatic heterocycles. The Morgan fingerprint density at radius 1 is 1.53 bits per heavy atom. The normalized spacial score (nSPS) is 15.3. The molecule has 2 N–H and O–H groups in total. The summed E-state index contributed by atoms with van der Waals surface area (Å²) in [7, 11) is 1.81. The Kier molecular flexibility index (Phi) is 4.58. The monoisotopic (exact) mass is 259 g/mol. The zero-order valence-corrected chi connectivity index (χ0v) is 12.0. The highest BCUT2D eigenvalue weighted by molar-refractivity contribution is 6.30. The number of aromatic nitrogens is 2. The average Bonchev–Trinajstić information content (AvgIpc) is 2.42. The summed E-state index contributed by atoms with van der Waals surface area (Å²) in [6.45, 7) is 8.37. The second-order valence-corrected chi connectivity index (χ2v) is 5.55. The predicted octanol–water partition coefficient (Wildman–Crippen LogP) is 1.67. The zero-order chi connectivity index (χ0) is 13.2. The van der Waals surface area contributed by atoms with E-state index in [2.05, 4.69) is 24.3 Å². The molecule has 1 atom stereocenters. The number of nitrogens with one attached hydrogen (secondary N) is 1. The van der Waals surface area contributed by atoms with Gasteiger partial charge in [-0.25, -0.2) is 0 Å². The van der Waals surface area contributed by atoms with E-state index in [9.17, 15) is 5.11 Å². The van der Waals surface area contributed by atoms with Gasteiger partial charge in [0.05, 0.1) is 11.3 Å². The van der Waals surface area contributed by atoms with Crippen molar-refractivity contribution in [3.63, 3.8) is 0 Å². The van der Waals surface area contributed by atoms with Crippen molar-refractivity contribution in [3.8, 4) is 0 Å². The smallest absolute Gasteiger partial charge is 0.130 e. The molecule has 1 unspecified atom stereocenters. The number of nitrogens with zero attached hydrogens (tertiary/aromatic N) is 2. The van der Waals surface area contributed by atoms with Gasteiger partial charge in [-0.05, 0) is 13.8 Å². The maximum atomic E-state index is 10.3. The molecule has 0 saturated heterocycles. The molecular formula is C12H22ClN3O. The average molecular weight is 260 g/mol. The highest BCUT2D eigenvalue weighted by Gasteiger charge is 2.25. The van der Waals surface area contributed by atoms with E-state index in [-0.39, 0.29) is 0 Å². The van der Waals surface area contributed by atoms with Crippen molar-refractivity contribution in [3.05, 3.63) is 16.4 Å². The molecule has 17 heavy (non-hydrogen) atoms. The van der Waals surface area contributed by atoms with Gasteiger partial charge in [0.2, 0.25) is 0 Å². The minimum absolute atomic E-state index is 0.354. The van der Waals surface area contributed by atoms with Crippen LogP contribution in [-0.2, 0) is 13.5 Å². The third kappa shape index (κ3) is 3.98. The second-order valence-electron chi connectivity index (χ2n) is 5.19. The topological polar surface area (TPSA) is 50.1 Å². The van der Waals surface area contributed by atoms with Crippen LogP contribution >= 0.6 is 11.6 Å². The van der Waals surface area contributed by atoms with E-state index in [0.717, 1.165) is 11.3 Å². The molecule has 0 bridgehead atoms.